The minimum absolute atomic E-state index is 0.153. The largest absolute Gasteiger partial charge is 0.417 e. The number of ether oxygens (including phenoxy) is 1. The van der Waals surface area contributed by atoms with Crippen molar-refractivity contribution in [2.24, 2.45) is 0 Å². The molecule has 0 spiro atoms. The van der Waals surface area contributed by atoms with Crippen LogP contribution in [0.4, 0.5) is 0 Å². The quantitative estimate of drug-likeness (QED) is 0.0640. The van der Waals surface area contributed by atoms with E-state index >= 15 is 4.57 Å². The van der Waals surface area contributed by atoms with Crippen LogP contribution < -0.4 is 10.6 Å². The predicted molar refractivity (Wildman–Crippen MR) is 228 cm³/mol. The van der Waals surface area contributed by atoms with Crippen LogP contribution in [0, 0.1) is 0 Å². The fraction of sp³-hybridized carbons (Fsp3) is 0.619. The third-order valence-electron chi connectivity index (χ3n) is 12.4. The molecule has 2 aromatic rings. The second kappa shape index (κ2) is 20.9. The van der Waals surface area contributed by atoms with Crippen LogP contribution in [0.25, 0.3) is 0 Å². The second-order valence-corrected chi connectivity index (χ2v) is 31.6. The van der Waals surface area contributed by atoms with E-state index in [0.29, 0.717) is 19.2 Å². The fourth-order valence-electron chi connectivity index (χ4n) is 7.85. The van der Waals surface area contributed by atoms with Gasteiger partial charge in [0.25, 0.3) is 0 Å². The summed E-state index contributed by atoms with van der Waals surface area (Å²) in [5.74, 6) is 0. The van der Waals surface area contributed by atoms with Gasteiger partial charge in [0.1, 0.15) is 13.2 Å². The predicted octanol–water partition coefficient (Wildman–Crippen LogP) is 11.5. The maximum absolute atomic E-state index is 15.1. The molecule has 0 heterocycles. The van der Waals surface area contributed by atoms with Gasteiger partial charge < -0.3 is 22.6 Å². The monoisotopic (exact) mass is 770 g/mol. The lowest BCUT2D eigenvalue weighted by Gasteiger charge is -2.47. The van der Waals surface area contributed by atoms with Crippen molar-refractivity contribution in [3.63, 3.8) is 0 Å². The molecule has 1 aliphatic rings. The Bertz CT molecular complexity index is 1320. The van der Waals surface area contributed by atoms with Gasteiger partial charge in [-0.15, -0.1) is 0 Å². The standard InChI is InChI=1S/C42H71O5PSi3/c1-11-49(12-2,13-3)45-33-26-32-44-42-40(46-50(14-4,15-5)16-6)35-37(36(10)41(42)47-51(17-7,18-8)19-9)31-34-48(43,38-27-22-20-23-28-38)39-29-24-21-25-30-39/h20-25,27-31,40-42H,10-19,26,32-35H2,1-9H3/b37-31+/t40-,41+,42-/m1/s1. The molecule has 3 rings (SSSR count). The Morgan fingerprint density at radius 3 is 1.57 bits per heavy atom. The maximum Gasteiger partial charge on any atom is 0.193 e. The molecule has 0 radical (unpaired) electrons. The van der Waals surface area contributed by atoms with Crippen molar-refractivity contribution in [2.45, 2.75) is 148 Å². The molecule has 1 fully saturated rings. The van der Waals surface area contributed by atoms with E-state index in [9.17, 15) is 0 Å². The van der Waals surface area contributed by atoms with E-state index in [2.05, 4.69) is 68.4 Å². The molecule has 286 valence electrons. The van der Waals surface area contributed by atoms with E-state index < -0.39 is 32.1 Å². The highest BCUT2D eigenvalue weighted by Crippen LogP contribution is 2.46. The molecular weight excluding hydrogens is 700 g/mol. The van der Waals surface area contributed by atoms with Gasteiger partial charge in [-0.1, -0.05) is 136 Å². The van der Waals surface area contributed by atoms with Crippen LogP contribution in [0.2, 0.25) is 54.4 Å². The van der Waals surface area contributed by atoms with Gasteiger partial charge in [-0.05, 0) is 72.0 Å². The Balaban J connectivity index is 2.07. The number of benzene rings is 2. The van der Waals surface area contributed by atoms with E-state index in [0.717, 1.165) is 89.2 Å². The summed E-state index contributed by atoms with van der Waals surface area (Å²) < 4.78 is 43.5. The zero-order valence-corrected chi connectivity index (χ0v) is 37.6. The molecular formula is C42H71O5PSi3. The number of rotatable bonds is 23. The Morgan fingerprint density at radius 1 is 0.667 bits per heavy atom. The maximum atomic E-state index is 15.1. The van der Waals surface area contributed by atoms with Gasteiger partial charge in [0, 0.05) is 36.4 Å². The van der Waals surface area contributed by atoms with E-state index in [1.165, 1.54) is 0 Å². The SMILES string of the molecule is C=C1/C(=C/CP(=O)(c2ccccc2)c2ccccc2)C[C@@H](O[Si](CC)(CC)CC)[C@@H](OCCCO[Si](CC)(CC)CC)[C@H]1O[Si](CC)(CC)CC. The van der Waals surface area contributed by atoms with Crippen LogP contribution in [-0.4, -0.2) is 62.6 Å². The van der Waals surface area contributed by atoms with Crippen molar-refractivity contribution >= 4 is 42.7 Å². The summed E-state index contributed by atoms with van der Waals surface area (Å²) >= 11 is 0. The first-order valence-corrected chi connectivity index (χ1v) is 29.7. The van der Waals surface area contributed by atoms with Gasteiger partial charge >= 0.3 is 0 Å². The number of allylic oxidation sites excluding steroid dienone is 1. The summed E-state index contributed by atoms with van der Waals surface area (Å²) in [5.41, 5.74) is 2.09. The topological polar surface area (TPSA) is 54.0 Å². The summed E-state index contributed by atoms with van der Waals surface area (Å²) in [7, 11) is -8.72. The molecule has 0 unspecified atom stereocenters. The van der Waals surface area contributed by atoms with Crippen molar-refractivity contribution in [2.75, 3.05) is 19.4 Å². The third-order valence-corrected chi connectivity index (χ3v) is 29.3. The Kier molecular flexibility index (Phi) is 18.1. The molecule has 0 N–H and O–H groups in total. The highest BCUT2D eigenvalue weighted by molar-refractivity contribution is 7.78. The smallest absolute Gasteiger partial charge is 0.193 e. The molecule has 0 saturated heterocycles. The molecule has 0 aromatic heterocycles. The minimum Gasteiger partial charge on any atom is -0.417 e. The summed E-state index contributed by atoms with van der Waals surface area (Å²) in [5, 5.41) is 1.76. The van der Waals surface area contributed by atoms with Crippen molar-refractivity contribution in [1.29, 1.82) is 0 Å². The molecule has 3 atom stereocenters. The van der Waals surface area contributed by atoms with E-state index in [-0.39, 0.29) is 18.3 Å². The fourth-order valence-corrected chi connectivity index (χ4v) is 18.7. The second-order valence-electron chi connectivity index (χ2n) is 14.5. The molecule has 2 aromatic carbocycles. The zero-order valence-electron chi connectivity index (χ0n) is 33.7. The van der Waals surface area contributed by atoms with Crippen LogP contribution in [0.3, 0.4) is 0 Å². The van der Waals surface area contributed by atoms with Crippen molar-refractivity contribution in [1.82, 2.24) is 0 Å². The van der Waals surface area contributed by atoms with E-state index in [1.54, 1.807) is 0 Å². The van der Waals surface area contributed by atoms with Crippen molar-refractivity contribution < 1.29 is 22.6 Å². The normalized spacial score (nSPS) is 19.9. The van der Waals surface area contributed by atoms with Gasteiger partial charge in [0.15, 0.2) is 25.0 Å². The first kappa shape index (κ1) is 44.0. The van der Waals surface area contributed by atoms with Gasteiger partial charge in [-0.3, -0.25) is 0 Å². The summed E-state index contributed by atoms with van der Waals surface area (Å²) in [6.45, 7) is 26.7. The molecule has 1 saturated carbocycles. The van der Waals surface area contributed by atoms with E-state index in [1.807, 2.05) is 60.7 Å². The molecule has 0 bridgehead atoms. The van der Waals surface area contributed by atoms with Crippen LogP contribution in [0.15, 0.2) is 84.5 Å². The van der Waals surface area contributed by atoms with Crippen molar-refractivity contribution in [3.05, 3.63) is 84.5 Å². The molecule has 0 aliphatic heterocycles. The third kappa shape index (κ3) is 10.9. The molecule has 5 nitrogen and oxygen atoms in total. The Labute approximate surface area is 315 Å². The lowest BCUT2D eigenvalue weighted by molar-refractivity contribution is -0.0871. The summed E-state index contributed by atoms with van der Waals surface area (Å²) in [4.78, 5) is 0. The lowest BCUT2D eigenvalue weighted by atomic mass is 9.84. The Hall–Kier alpha value is -1.36. The van der Waals surface area contributed by atoms with Crippen LogP contribution in [-0.2, 0) is 22.6 Å². The number of hydrogen-bond acceptors (Lipinski definition) is 5. The molecule has 1 aliphatic carbocycles. The lowest BCUT2D eigenvalue weighted by Crippen LogP contribution is -2.56. The first-order chi connectivity index (χ1) is 24.5. The van der Waals surface area contributed by atoms with Crippen LogP contribution in [0.1, 0.15) is 75.2 Å². The summed E-state index contributed by atoms with van der Waals surface area (Å²) in [6, 6.07) is 29.8. The minimum atomic E-state index is -2.96. The van der Waals surface area contributed by atoms with Gasteiger partial charge in [-0.2, -0.15) is 0 Å². The van der Waals surface area contributed by atoms with Gasteiger partial charge in [-0.25, -0.2) is 0 Å². The zero-order chi connectivity index (χ0) is 37.5. The van der Waals surface area contributed by atoms with Crippen LogP contribution in [0.5, 0.6) is 0 Å². The molecule has 51 heavy (non-hydrogen) atoms. The average molecular weight is 771 g/mol. The average Bonchev–Trinajstić information content (AvgIpc) is 3.19. The summed E-state index contributed by atoms with van der Waals surface area (Å²) in [6.07, 6.45) is 3.48. The van der Waals surface area contributed by atoms with Crippen LogP contribution >= 0.6 is 7.14 Å². The molecule has 9 heteroatoms. The van der Waals surface area contributed by atoms with E-state index in [4.69, 9.17) is 24.6 Å². The Morgan fingerprint density at radius 2 is 1.12 bits per heavy atom. The van der Waals surface area contributed by atoms with Gasteiger partial charge in [0.2, 0.25) is 0 Å². The highest BCUT2D eigenvalue weighted by Gasteiger charge is 2.47. The highest BCUT2D eigenvalue weighted by atomic mass is 31.2. The van der Waals surface area contributed by atoms with Crippen molar-refractivity contribution in [3.8, 4) is 0 Å². The van der Waals surface area contributed by atoms with Gasteiger partial charge in [0.05, 0.1) is 12.2 Å². The molecule has 0 amide bonds. The first-order valence-electron chi connectivity index (χ1n) is 20.2. The number of hydrogen-bond donors (Lipinski definition) is 0.